The Hall–Kier alpha value is -0.780. The van der Waals surface area contributed by atoms with Gasteiger partial charge in [-0.05, 0) is 53.9 Å². The maximum absolute atomic E-state index is 6.15. The van der Waals surface area contributed by atoms with Gasteiger partial charge in [0.2, 0.25) is 0 Å². The van der Waals surface area contributed by atoms with Crippen LogP contribution < -0.4 is 15.2 Å². The Morgan fingerprint density at radius 1 is 1.38 bits per heavy atom. The molecule has 0 aliphatic carbocycles. The normalized spacial score (nSPS) is 17.5. The standard InChI is InChI=1S/C16H24BrNO3/c1-3-20-15-10-12(8-11(2)18)9-14(17)16(15)21-13-4-6-19-7-5-13/h9-11,13H,3-8,18H2,1-2H3. The van der Waals surface area contributed by atoms with Crippen LogP contribution in [-0.2, 0) is 11.2 Å². The molecule has 1 heterocycles. The van der Waals surface area contributed by atoms with Crippen LogP contribution in [-0.4, -0.2) is 32.0 Å². The number of benzene rings is 1. The van der Waals surface area contributed by atoms with E-state index in [-0.39, 0.29) is 12.1 Å². The minimum Gasteiger partial charge on any atom is -0.490 e. The largest absolute Gasteiger partial charge is 0.490 e. The predicted octanol–water partition coefficient (Wildman–Crippen LogP) is 3.30. The Balaban J connectivity index is 2.20. The molecule has 0 bridgehead atoms. The van der Waals surface area contributed by atoms with Gasteiger partial charge in [0, 0.05) is 18.9 Å². The van der Waals surface area contributed by atoms with Crippen molar-refractivity contribution in [3.8, 4) is 11.5 Å². The van der Waals surface area contributed by atoms with Crippen LogP contribution in [0, 0.1) is 0 Å². The Labute approximate surface area is 135 Å². The molecule has 1 aromatic carbocycles. The van der Waals surface area contributed by atoms with Crippen molar-refractivity contribution < 1.29 is 14.2 Å². The lowest BCUT2D eigenvalue weighted by molar-refractivity contribution is 0.0240. The third-order valence-electron chi connectivity index (χ3n) is 3.38. The lowest BCUT2D eigenvalue weighted by atomic mass is 10.1. The van der Waals surface area contributed by atoms with Crippen LogP contribution in [0.15, 0.2) is 16.6 Å². The lowest BCUT2D eigenvalue weighted by Gasteiger charge is -2.25. The van der Waals surface area contributed by atoms with Crippen LogP contribution in [0.1, 0.15) is 32.3 Å². The van der Waals surface area contributed by atoms with Gasteiger partial charge in [0.25, 0.3) is 0 Å². The molecule has 5 heteroatoms. The van der Waals surface area contributed by atoms with Crippen molar-refractivity contribution in [2.24, 2.45) is 5.73 Å². The first-order valence-corrected chi connectivity index (χ1v) is 8.34. The highest BCUT2D eigenvalue weighted by molar-refractivity contribution is 9.10. The number of nitrogens with two attached hydrogens (primary N) is 1. The highest BCUT2D eigenvalue weighted by Crippen LogP contribution is 2.38. The molecule has 2 rings (SSSR count). The van der Waals surface area contributed by atoms with E-state index in [0.29, 0.717) is 6.61 Å². The van der Waals surface area contributed by atoms with Gasteiger partial charge >= 0.3 is 0 Å². The van der Waals surface area contributed by atoms with Gasteiger partial charge in [-0.15, -0.1) is 0 Å². The molecule has 1 unspecified atom stereocenters. The minimum absolute atomic E-state index is 0.119. The van der Waals surface area contributed by atoms with Crippen LogP contribution in [0.25, 0.3) is 0 Å². The highest BCUT2D eigenvalue weighted by atomic mass is 79.9. The maximum Gasteiger partial charge on any atom is 0.175 e. The van der Waals surface area contributed by atoms with E-state index in [1.165, 1.54) is 0 Å². The van der Waals surface area contributed by atoms with Gasteiger partial charge in [-0.2, -0.15) is 0 Å². The Morgan fingerprint density at radius 2 is 2.10 bits per heavy atom. The summed E-state index contributed by atoms with van der Waals surface area (Å²) in [6, 6.07) is 4.22. The van der Waals surface area contributed by atoms with Gasteiger partial charge in [0.05, 0.1) is 24.3 Å². The Kier molecular flexibility index (Phi) is 6.33. The predicted molar refractivity (Wildman–Crippen MR) is 87.1 cm³/mol. The summed E-state index contributed by atoms with van der Waals surface area (Å²) in [5.41, 5.74) is 7.04. The smallest absolute Gasteiger partial charge is 0.175 e. The first-order chi connectivity index (χ1) is 10.1. The molecule has 0 spiro atoms. The van der Waals surface area contributed by atoms with E-state index in [2.05, 4.69) is 22.0 Å². The fourth-order valence-corrected chi connectivity index (χ4v) is 3.03. The lowest BCUT2D eigenvalue weighted by Crippen LogP contribution is -2.26. The zero-order valence-corrected chi connectivity index (χ0v) is 14.3. The molecule has 1 aliphatic heterocycles. The van der Waals surface area contributed by atoms with E-state index < -0.39 is 0 Å². The van der Waals surface area contributed by atoms with Crippen molar-refractivity contribution >= 4 is 15.9 Å². The van der Waals surface area contributed by atoms with Crippen LogP contribution in [0.3, 0.4) is 0 Å². The van der Waals surface area contributed by atoms with Crippen LogP contribution in [0.5, 0.6) is 11.5 Å². The van der Waals surface area contributed by atoms with Crippen molar-refractivity contribution in [3.63, 3.8) is 0 Å². The molecule has 1 saturated heterocycles. The molecule has 0 aromatic heterocycles. The van der Waals surface area contributed by atoms with Gasteiger partial charge < -0.3 is 19.9 Å². The zero-order valence-electron chi connectivity index (χ0n) is 12.7. The molecule has 21 heavy (non-hydrogen) atoms. The quantitative estimate of drug-likeness (QED) is 0.848. The van der Waals surface area contributed by atoms with Crippen molar-refractivity contribution in [2.75, 3.05) is 19.8 Å². The molecule has 0 saturated carbocycles. The molecule has 1 aromatic rings. The van der Waals surface area contributed by atoms with Gasteiger partial charge in [-0.1, -0.05) is 0 Å². The fourth-order valence-electron chi connectivity index (χ4n) is 2.45. The van der Waals surface area contributed by atoms with Crippen molar-refractivity contribution in [2.45, 2.75) is 45.3 Å². The summed E-state index contributed by atoms with van der Waals surface area (Å²) in [7, 11) is 0. The second kappa shape index (κ2) is 8.01. The maximum atomic E-state index is 6.15. The molecule has 1 atom stereocenters. The minimum atomic E-state index is 0.119. The summed E-state index contributed by atoms with van der Waals surface area (Å²) in [6.45, 7) is 6.10. The second-order valence-corrected chi connectivity index (χ2v) is 6.30. The molecule has 2 N–H and O–H groups in total. The molecule has 1 fully saturated rings. The molecule has 1 aliphatic rings. The molecule has 4 nitrogen and oxygen atoms in total. The molecular weight excluding hydrogens is 334 g/mol. The molecular formula is C16H24BrNO3. The average molecular weight is 358 g/mol. The van der Waals surface area contributed by atoms with Gasteiger partial charge in [-0.25, -0.2) is 0 Å². The van der Waals surface area contributed by atoms with E-state index in [0.717, 1.165) is 54.0 Å². The van der Waals surface area contributed by atoms with Crippen molar-refractivity contribution in [1.29, 1.82) is 0 Å². The summed E-state index contributed by atoms with van der Waals surface area (Å²) in [6.07, 6.45) is 2.84. The second-order valence-electron chi connectivity index (χ2n) is 5.45. The van der Waals surface area contributed by atoms with Crippen molar-refractivity contribution in [1.82, 2.24) is 0 Å². The third-order valence-corrected chi connectivity index (χ3v) is 3.97. The van der Waals surface area contributed by atoms with E-state index in [1.807, 2.05) is 19.9 Å². The van der Waals surface area contributed by atoms with Crippen LogP contribution in [0.2, 0.25) is 0 Å². The topological polar surface area (TPSA) is 53.7 Å². The van der Waals surface area contributed by atoms with Gasteiger partial charge in [0.15, 0.2) is 11.5 Å². The summed E-state index contributed by atoms with van der Waals surface area (Å²) in [5, 5.41) is 0. The number of hydrogen-bond donors (Lipinski definition) is 1. The highest BCUT2D eigenvalue weighted by Gasteiger charge is 2.20. The summed E-state index contributed by atoms with van der Waals surface area (Å²) < 4.78 is 18.2. The number of rotatable bonds is 6. The van der Waals surface area contributed by atoms with E-state index in [1.54, 1.807) is 0 Å². The number of ether oxygens (including phenoxy) is 3. The third kappa shape index (κ3) is 4.87. The van der Waals surface area contributed by atoms with E-state index in [4.69, 9.17) is 19.9 Å². The fraction of sp³-hybridized carbons (Fsp3) is 0.625. The van der Waals surface area contributed by atoms with Crippen molar-refractivity contribution in [3.05, 3.63) is 22.2 Å². The van der Waals surface area contributed by atoms with Gasteiger partial charge in [0.1, 0.15) is 6.10 Å². The summed E-state index contributed by atoms with van der Waals surface area (Å²) in [5.74, 6) is 1.58. The number of halogens is 1. The molecule has 0 amide bonds. The SMILES string of the molecule is CCOc1cc(CC(C)N)cc(Br)c1OC1CCOCC1. The molecule has 0 radical (unpaired) electrons. The monoisotopic (exact) mass is 357 g/mol. The van der Waals surface area contributed by atoms with E-state index >= 15 is 0 Å². The van der Waals surface area contributed by atoms with Gasteiger partial charge in [-0.3, -0.25) is 0 Å². The zero-order chi connectivity index (χ0) is 15.2. The Morgan fingerprint density at radius 3 is 2.71 bits per heavy atom. The first-order valence-electron chi connectivity index (χ1n) is 7.55. The number of hydrogen-bond acceptors (Lipinski definition) is 4. The molecule has 118 valence electrons. The van der Waals surface area contributed by atoms with Crippen LogP contribution in [0.4, 0.5) is 0 Å². The average Bonchev–Trinajstić information content (AvgIpc) is 2.43. The Bertz CT molecular complexity index is 459. The first kappa shape index (κ1) is 16.6. The summed E-state index contributed by atoms with van der Waals surface area (Å²) in [4.78, 5) is 0. The summed E-state index contributed by atoms with van der Waals surface area (Å²) >= 11 is 3.61. The van der Waals surface area contributed by atoms with Crippen LogP contribution >= 0.6 is 15.9 Å². The van der Waals surface area contributed by atoms with E-state index in [9.17, 15) is 0 Å².